The minimum atomic E-state index is -0.614. The Kier molecular flexibility index (Phi) is 2.98. The van der Waals surface area contributed by atoms with E-state index in [9.17, 15) is 9.59 Å². The van der Waals surface area contributed by atoms with Crippen molar-refractivity contribution in [1.29, 1.82) is 0 Å². The molecule has 0 saturated heterocycles. The van der Waals surface area contributed by atoms with E-state index < -0.39 is 11.5 Å². The summed E-state index contributed by atoms with van der Waals surface area (Å²) in [5, 5.41) is 0. The predicted molar refractivity (Wildman–Crippen MR) is 57.1 cm³/mol. The lowest BCUT2D eigenvalue weighted by atomic mass is 9.91. The Balaban J connectivity index is 3.21. The minimum absolute atomic E-state index is 0.0329. The van der Waals surface area contributed by atoms with Crippen LogP contribution < -0.4 is 5.56 Å². The Labute approximate surface area is 88.3 Å². The van der Waals surface area contributed by atoms with Gasteiger partial charge in [0.15, 0.2) is 0 Å². The highest BCUT2D eigenvalue weighted by molar-refractivity contribution is 5.88. The number of hydrogen-bond donors (Lipinski definition) is 1. The number of aromatic amines is 1. The second kappa shape index (κ2) is 3.88. The minimum Gasteiger partial charge on any atom is -0.465 e. The van der Waals surface area contributed by atoms with Crippen molar-refractivity contribution in [3.8, 4) is 0 Å². The number of methoxy groups -OCH3 is 1. The lowest BCUT2D eigenvalue weighted by molar-refractivity contribution is 0.0598. The number of rotatable bonds is 1. The summed E-state index contributed by atoms with van der Waals surface area (Å²) in [4.78, 5) is 25.4. The van der Waals surface area contributed by atoms with Crippen molar-refractivity contribution < 1.29 is 9.53 Å². The van der Waals surface area contributed by atoms with Crippen molar-refractivity contribution in [2.45, 2.75) is 26.2 Å². The molecule has 4 heteroatoms. The zero-order chi connectivity index (χ0) is 11.6. The third-order valence-corrected chi connectivity index (χ3v) is 2.12. The van der Waals surface area contributed by atoms with Crippen LogP contribution in [0.4, 0.5) is 0 Å². The summed E-state index contributed by atoms with van der Waals surface area (Å²) in [5.74, 6) is -0.614. The summed E-state index contributed by atoms with van der Waals surface area (Å²) >= 11 is 0. The normalized spacial score (nSPS) is 11.2. The molecule has 0 aliphatic rings. The first kappa shape index (κ1) is 11.5. The number of carbonyl (C=O) groups excluding carboxylic acids is 1. The monoisotopic (exact) mass is 209 g/mol. The first-order valence-electron chi connectivity index (χ1n) is 4.68. The number of nitrogens with one attached hydrogen (secondary N) is 1. The Morgan fingerprint density at radius 1 is 1.33 bits per heavy atom. The molecule has 1 N–H and O–H groups in total. The van der Waals surface area contributed by atoms with Crippen molar-refractivity contribution in [2.75, 3.05) is 7.11 Å². The molecule has 0 aliphatic carbocycles. The van der Waals surface area contributed by atoms with Crippen LogP contribution in [0.3, 0.4) is 0 Å². The van der Waals surface area contributed by atoms with Crippen molar-refractivity contribution >= 4 is 5.97 Å². The Morgan fingerprint density at radius 2 is 1.93 bits per heavy atom. The summed E-state index contributed by atoms with van der Waals surface area (Å²) in [6, 6.07) is 3.22. The molecule has 1 aromatic heterocycles. The molecule has 15 heavy (non-hydrogen) atoms. The van der Waals surface area contributed by atoms with E-state index in [2.05, 4.69) is 9.72 Å². The van der Waals surface area contributed by atoms with Crippen LogP contribution in [0.25, 0.3) is 0 Å². The van der Waals surface area contributed by atoms with E-state index in [1.807, 2.05) is 20.8 Å². The van der Waals surface area contributed by atoms with E-state index in [0.29, 0.717) is 0 Å². The molecule has 1 aromatic rings. The number of carbonyl (C=O) groups is 1. The van der Waals surface area contributed by atoms with Crippen LogP contribution >= 0.6 is 0 Å². The van der Waals surface area contributed by atoms with Gasteiger partial charge in [0.2, 0.25) is 0 Å². The molecule has 0 unspecified atom stereocenters. The molecule has 82 valence electrons. The highest BCUT2D eigenvalue weighted by atomic mass is 16.5. The van der Waals surface area contributed by atoms with Crippen LogP contribution in [0, 0.1) is 0 Å². The maximum absolute atomic E-state index is 11.5. The van der Waals surface area contributed by atoms with Gasteiger partial charge in [-0.05, 0) is 12.1 Å². The number of ether oxygens (including phenoxy) is 1. The number of hydrogen-bond acceptors (Lipinski definition) is 3. The van der Waals surface area contributed by atoms with Crippen LogP contribution in [-0.2, 0) is 10.2 Å². The molecule has 0 fully saturated rings. The van der Waals surface area contributed by atoms with E-state index in [1.54, 1.807) is 6.07 Å². The largest absolute Gasteiger partial charge is 0.465 e. The number of H-pyrrole nitrogens is 1. The standard InChI is InChI=1S/C11H15NO3/c1-11(2,3)8-6-5-7(9(13)12-8)10(14)15-4/h5-6H,1-4H3,(H,12,13). The molecule has 0 bridgehead atoms. The van der Waals surface area contributed by atoms with Crippen molar-refractivity contribution in [1.82, 2.24) is 4.98 Å². The molecular formula is C11H15NO3. The molecule has 4 nitrogen and oxygen atoms in total. The van der Waals surface area contributed by atoms with Gasteiger partial charge in [0.25, 0.3) is 5.56 Å². The van der Waals surface area contributed by atoms with E-state index >= 15 is 0 Å². The lowest BCUT2D eigenvalue weighted by Crippen LogP contribution is -2.24. The van der Waals surface area contributed by atoms with Gasteiger partial charge < -0.3 is 9.72 Å². The summed E-state index contributed by atoms with van der Waals surface area (Å²) < 4.78 is 4.48. The molecular weight excluding hydrogens is 194 g/mol. The van der Waals surface area contributed by atoms with Gasteiger partial charge in [-0.25, -0.2) is 4.79 Å². The number of pyridine rings is 1. The molecule has 0 spiro atoms. The Hall–Kier alpha value is -1.58. The predicted octanol–water partition coefficient (Wildman–Crippen LogP) is 1.46. The van der Waals surface area contributed by atoms with Crippen LogP contribution in [0.1, 0.15) is 36.8 Å². The average Bonchev–Trinajstić information content (AvgIpc) is 2.15. The van der Waals surface area contributed by atoms with Crippen LogP contribution in [0.5, 0.6) is 0 Å². The van der Waals surface area contributed by atoms with Crippen LogP contribution in [0.2, 0.25) is 0 Å². The lowest BCUT2D eigenvalue weighted by Gasteiger charge is -2.18. The van der Waals surface area contributed by atoms with Crippen molar-refractivity contribution in [2.24, 2.45) is 0 Å². The summed E-state index contributed by atoms with van der Waals surface area (Å²) in [6.07, 6.45) is 0. The molecule has 0 atom stereocenters. The number of aromatic nitrogens is 1. The van der Waals surface area contributed by atoms with E-state index in [0.717, 1.165) is 5.69 Å². The molecule has 0 amide bonds. The third kappa shape index (κ3) is 2.46. The van der Waals surface area contributed by atoms with Gasteiger partial charge in [-0.15, -0.1) is 0 Å². The fourth-order valence-corrected chi connectivity index (χ4v) is 1.18. The zero-order valence-electron chi connectivity index (χ0n) is 9.38. The van der Waals surface area contributed by atoms with Gasteiger partial charge in [-0.1, -0.05) is 20.8 Å². The Bertz CT molecular complexity index is 426. The second-order valence-electron chi connectivity index (χ2n) is 4.36. The van der Waals surface area contributed by atoms with Gasteiger partial charge in [0.05, 0.1) is 7.11 Å². The second-order valence-corrected chi connectivity index (χ2v) is 4.36. The highest BCUT2D eigenvalue weighted by Gasteiger charge is 2.17. The maximum atomic E-state index is 11.5. The quantitative estimate of drug-likeness (QED) is 0.712. The molecule has 0 aliphatic heterocycles. The topological polar surface area (TPSA) is 59.2 Å². The molecule has 0 radical (unpaired) electrons. The van der Waals surface area contributed by atoms with Gasteiger partial charge in [0, 0.05) is 11.1 Å². The summed E-state index contributed by atoms with van der Waals surface area (Å²) in [5.41, 5.74) is 0.272. The maximum Gasteiger partial charge on any atom is 0.343 e. The van der Waals surface area contributed by atoms with E-state index in [4.69, 9.17) is 0 Å². The van der Waals surface area contributed by atoms with Gasteiger partial charge in [-0.2, -0.15) is 0 Å². The van der Waals surface area contributed by atoms with Gasteiger partial charge in [0.1, 0.15) is 5.56 Å². The average molecular weight is 209 g/mol. The zero-order valence-corrected chi connectivity index (χ0v) is 9.38. The molecule has 0 saturated carbocycles. The molecule has 1 rings (SSSR count). The number of esters is 1. The fourth-order valence-electron chi connectivity index (χ4n) is 1.18. The smallest absolute Gasteiger partial charge is 0.343 e. The fraction of sp³-hybridized carbons (Fsp3) is 0.455. The van der Waals surface area contributed by atoms with Gasteiger partial charge >= 0.3 is 5.97 Å². The first-order valence-corrected chi connectivity index (χ1v) is 4.68. The van der Waals surface area contributed by atoms with Crippen LogP contribution in [0.15, 0.2) is 16.9 Å². The highest BCUT2D eigenvalue weighted by Crippen LogP contribution is 2.18. The van der Waals surface area contributed by atoms with Crippen molar-refractivity contribution in [3.05, 3.63) is 33.7 Å². The summed E-state index contributed by atoms with van der Waals surface area (Å²) in [6.45, 7) is 5.95. The SMILES string of the molecule is COC(=O)c1ccc(C(C)(C)C)[nH]c1=O. The van der Waals surface area contributed by atoms with E-state index in [-0.39, 0.29) is 11.0 Å². The van der Waals surface area contributed by atoms with Crippen LogP contribution in [-0.4, -0.2) is 18.1 Å². The first-order chi connectivity index (χ1) is 6.86. The molecule has 0 aromatic carbocycles. The Morgan fingerprint density at radius 3 is 2.33 bits per heavy atom. The van der Waals surface area contributed by atoms with Crippen molar-refractivity contribution in [3.63, 3.8) is 0 Å². The third-order valence-electron chi connectivity index (χ3n) is 2.12. The van der Waals surface area contributed by atoms with Gasteiger partial charge in [-0.3, -0.25) is 4.79 Å². The molecule has 1 heterocycles. The van der Waals surface area contributed by atoms with E-state index in [1.165, 1.54) is 13.2 Å². The summed E-state index contributed by atoms with van der Waals surface area (Å²) in [7, 11) is 1.25.